The number of nitrogens with zero attached hydrogens (tertiary/aromatic N) is 1. The van der Waals surface area contributed by atoms with Crippen molar-refractivity contribution < 1.29 is 19.7 Å². The van der Waals surface area contributed by atoms with E-state index < -0.39 is 6.10 Å². The Kier molecular flexibility index (Phi) is 6.10. The van der Waals surface area contributed by atoms with E-state index in [9.17, 15) is 10.2 Å². The molecule has 1 heterocycles. The van der Waals surface area contributed by atoms with Crippen LogP contribution < -0.4 is 9.47 Å². The number of ether oxygens (including phenoxy) is 2. The highest BCUT2D eigenvalue weighted by Gasteiger charge is 2.46. The molecule has 0 bridgehead atoms. The van der Waals surface area contributed by atoms with E-state index in [1.807, 2.05) is 13.0 Å². The zero-order valence-corrected chi connectivity index (χ0v) is 16.3. The molecule has 1 saturated carbocycles. The van der Waals surface area contributed by atoms with Crippen LogP contribution in [0.25, 0.3) is 0 Å². The standard InChI is InChI=1S/C21H33NO4/c1-15(24)21(2)14-22(10-11-23)13-18(21)16-8-9-19(25-3)20(12-16)26-17-6-4-5-7-17/h8-9,12,15,17-18,23-24H,4-7,10-11,13-14H2,1-3H3/t15-,18?,21?/m1/s1. The Labute approximate surface area is 156 Å². The molecular formula is C21H33NO4. The Hall–Kier alpha value is -1.30. The van der Waals surface area contributed by atoms with Gasteiger partial charge in [-0.3, -0.25) is 4.90 Å². The molecule has 1 saturated heterocycles. The van der Waals surface area contributed by atoms with Crippen LogP contribution in [0.4, 0.5) is 0 Å². The second-order valence-corrected chi connectivity index (χ2v) is 8.13. The van der Waals surface area contributed by atoms with Crippen LogP contribution in [0.1, 0.15) is 51.0 Å². The maximum absolute atomic E-state index is 10.5. The summed E-state index contributed by atoms with van der Waals surface area (Å²) in [5.41, 5.74) is 0.914. The van der Waals surface area contributed by atoms with E-state index in [0.29, 0.717) is 6.54 Å². The number of likely N-dealkylation sites (tertiary alicyclic amines) is 1. The number of aliphatic hydroxyl groups is 2. The van der Waals surface area contributed by atoms with Crippen LogP contribution in [0.3, 0.4) is 0 Å². The van der Waals surface area contributed by atoms with Crippen molar-refractivity contribution in [2.45, 2.75) is 57.7 Å². The van der Waals surface area contributed by atoms with Gasteiger partial charge in [-0.25, -0.2) is 0 Å². The number of hydrogen-bond acceptors (Lipinski definition) is 5. The molecule has 2 unspecified atom stereocenters. The first-order valence-corrected chi connectivity index (χ1v) is 9.84. The third-order valence-electron chi connectivity index (χ3n) is 6.36. The van der Waals surface area contributed by atoms with Crippen LogP contribution in [0, 0.1) is 5.41 Å². The van der Waals surface area contributed by atoms with Gasteiger partial charge in [0.15, 0.2) is 11.5 Å². The first-order valence-electron chi connectivity index (χ1n) is 9.84. The van der Waals surface area contributed by atoms with Crippen molar-refractivity contribution in [2.75, 3.05) is 33.4 Å². The molecule has 0 radical (unpaired) electrons. The molecule has 2 fully saturated rings. The van der Waals surface area contributed by atoms with Gasteiger partial charge in [-0.15, -0.1) is 0 Å². The van der Waals surface area contributed by atoms with E-state index in [1.54, 1.807) is 7.11 Å². The molecular weight excluding hydrogens is 330 g/mol. The molecule has 5 heteroatoms. The summed E-state index contributed by atoms with van der Waals surface area (Å²) in [7, 11) is 1.68. The van der Waals surface area contributed by atoms with Crippen molar-refractivity contribution in [1.29, 1.82) is 0 Å². The summed E-state index contributed by atoms with van der Waals surface area (Å²) >= 11 is 0. The van der Waals surface area contributed by atoms with Crippen molar-refractivity contribution in [3.05, 3.63) is 23.8 Å². The summed E-state index contributed by atoms with van der Waals surface area (Å²) in [5.74, 6) is 1.76. The Morgan fingerprint density at radius 3 is 2.62 bits per heavy atom. The Morgan fingerprint density at radius 1 is 1.27 bits per heavy atom. The van der Waals surface area contributed by atoms with E-state index in [0.717, 1.165) is 37.4 Å². The van der Waals surface area contributed by atoms with Gasteiger partial charge >= 0.3 is 0 Å². The number of hydrogen-bond donors (Lipinski definition) is 2. The maximum atomic E-state index is 10.5. The third kappa shape index (κ3) is 3.85. The minimum atomic E-state index is -0.433. The van der Waals surface area contributed by atoms with Crippen molar-refractivity contribution >= 4 is 0 Å². The van der Waals surface area contributed by atoms with Crippen LogP contribution in [0.2, 0.25) is 0 Å². The van der Waals surface area contributed by atoms with E-state index in [-0.39, 0.29) is 24.0 Å². The van der Waals surface area contributed by atoms with Crippen molar-refractivity contribution in [3.63, 3.8) is 0 Å². The monoisotopic (exact) mass is 363 g/mol. The Morgan fingerprint density at radius 2 is 2.00 bits per heavy atom. The van der Waals surface area contributed by atoms with Crippen LogP contribution in [-0.4, -0.2) is 60.7 Å². The highest BCUT2D eigenvalue weighted by molar-refractivity contribution is 5.45. The minimum absolute atomic E-state index is 0.140. The van der Waals surface area contributed by atoms with Gasteiger partial charge in [0, 0.05) is 31.0 Å². The van der Waals surface area contributed by atoms with E-state index in [1.165, 1.54) is 18.4 Å². The SMILES string of the molecule is COc1ccc(C2CN(CCO)CC2(C)[C@@H](C)O)cc1OC1CCCC1. The summed E-state index contributed by atoms with van der Waals surface area (Å²) in [6, 6.07) is 6.18. The van der Waals surface area contributed by atoms with Gasteiger partial charge in [0.1, 0.15) is 0 Å². The number of aliphatic hydroxyl groups excluding tert-OH is 2. The van der Waals surface area contributed by atoms with Crippen LogP contribution >= 0.6 is 0 Å². The van der Waals surface area contributed by atoms with Crippen LogP contribution in [-0.2, 0) is 0 Å². The first kappa shape index (κ1) is 19.5. The molecule has 2 aliphatic rings. The predicted octanol–water partition coefficient (Wildman–Crippen LogP) is 2.80. The van der Waals surface area contributed by atoms with Crippen LogP contribution in [0.5, 0.6) is 11.5 Å². The van der Waals surface area contributed by atoms with Gasteiger partial charge in [-0.2, -0.15) is 0 Å². The van der Waals surface area contributed by atoms with Gasteiger partial charge < -0.3 is 19.7 Å². The van der Waals surface area contributed by atoms with Gasteiger partial charge in [0.2, 0.25) is 0 Å². The van der Waals surface area contributed by atoms with E-state index in [2.05, 4.69) is 24.0 Å². The average molecular weight is 363 g/mol. The van der Waals surface area contributed by atoms with E-state index in [4.69, 9.17) is 9.47 Å². The molecule has 3 rings (SSSR count). The highest BCUT2D eigenvalue weighted by atomic mass is 16.5. The fraction of sp³-hybridized carbons (Fsp3) is 0.714. The fourth-order valence-electron chi connectivity index (χ4n) is 4.53. The molecule has 1 aromatic carbocycles. The number of β-amino-alcohol motifs (C(OH)–C–C–N with tert-alkyl or cyclic N) is 1. The molecule has 0 aromatic heterocycles. The lowest BCUT2D eigenvalue weighted by Crippen LogP contribution is -2.37. The summed E-state index contributed by atoms with van der Waals surface area (Å²) in [6.45, 7) is 6.40. The largest absolute Gasteiger partial charge is 0.493 e. The van der Waals surface area contributed by atoms with Gasteiger partial charge in [-0.1, -0.05) is 13.0 Å². The molecule has 0 amide bonds. The summed E-state index contributed by atoms with van der Waals surface area (Å²) in [6.07, 6.45) is 4.50. The topological polar surface area (TPSA) is 62.2 Å². The lowest BCUT2D eigenvalue weighted by Gasteiger charge is -2.34. The third-order valence-corrected chi connectivity index (χ3v) is 6.36. The molecule has 1 aromatic rings. The molecule has 1 aliphatic heterocycles. The number of methoxy groups -OCH3 is 1. The molecule has 146 valence electrons. The van der Waals surface area contributed by atoms with Gasteiger partial charge in [-0.05, 0) is 50.3 Å². The maximum Gasteiger partial charge on any atom is 0.161 e. The minimum Gasteiger partial charge on any atom is -0.493 e. The van der Waals surface area contributed by atoms with E-state index >= 15 is 0 Å². The molecule has 5 nitrogen and oxygen atoms in total. The number of benzene rings is 1. The average Bonchev–Trinajstić information content (AvgIpc) is 3.23. The Balaban J connectivity index is 1.88. The lowest BCUT2D eigenvalue weighted by molar-refractivity contribution is 0.0468. The van der Waals surface area contributed by atoms with Crippen LogP contribution in [0.15, 0.2) is 18.2 Å². The predicted molar refractivity (Wildman–Crippen MR) is 102 cm³/mol. The zero-order chi connectivity index (χ0) is 18.7. The summed E-state index contributed by atoms with van der Waals surface area (Å²) < 4.78 is 11.8. The Bertz CT molecular complexity index is 600. The molecule has 26 heavy (non-hydrogen) atoms. The number of rotatable bonds is 7. The van der Waals surface area contributed by atoms with Crippen molar-refractivity contribution in [1.82, 2.24) is 4.90 Å². The molecule has 3 atom stereocenters. The lowest BCUT2D eigenvalue weighted by atomic mass is 9.72. The summed E-state index contributed by atoms with van der Waals surface area (Å²) in [4.78, 5) is 2.24. The smallest absolute Gasteiger partial charge is 0.161 e. The second-order valence-electron chi connectivity index (χ2n) is 8.13. The van der Waals surface area contributed by atoms with Gasteiger partial charge in [0.25, 0.3) is 0 Å². The fourth-order valence-corrected chi connectivity index (χ4v) is 4.53. The second kappa shape index (κ2) is 8.15. The quantitative estimate of drug-likeness (QED) is 0.780. The zero-order valence-electron chi connectivity index (χ0n) is 16.3. The highest BCUT2D eigenvalue weighted by Crippen LogP contribution is 2.47. The normalized spacial score (nSPS) is 28.4. The first-order chi connectivity index (χ1) is 12.5. The van der Waals surface area contributed by atoms with Crippen molar-refractivity contribution in [2.24, 2.45) is 5.41 Å². The molecule has 2 N–H and O–H groups in total. The van der Waals surface area contributed by atoms with Gasteiger partial charge in [0.05, 0.1) is 25.9 Å². The molecule has 0 spiro atoms. The molecule has 1 aliphatic carbocycles. The summed E-state index contributed by atoms with van der Waals surface area (Å²) in [5, 5.41) is 19.8. The van der Waals surface area contributed by atoms with Crippen molar-refractivity contribution in [3.8, 4) is 11.5 Å².